The summed E-state index contributed by atoms with van der Waals surface area (Å²) in [6, 6.07) is 31.9. The molecule has 6 heteroatoms. The highest BCUT2D eigenvalue weighted by atomic mass is 32.2. The molecule has 1 heterocycles. The van der Waals surface area contributed by atoms with E-state index in [1.807, 2.05) is 6.20 Å². The maximum Gasteiger partial charge on any atom is 0.176 e. The van der Waals surface area contributed by atoms with Crippen LogP contribution in [-0.4, -0.2) is 31.8 Å². The first-order valence-corrected chi connectivity index (χ1v) is 18.7. The molecule has 240 valence electrons. The number of nitrogens with zero attached hydrogens (tertiary/aromatic N) is 2. The molecule has 0 fully saturated rings. The van der Waals surface area contributed by atoms with Gasteiger partial charge >= 0.3 is 0 Å². The molecule has 5 nitrogen and oxygen atoms in total. The number of rotatable bonds is 12. The smallest absolute Gasteiger partial charge is 0.176 e. The van der Waals surface area contributed by atoms with Crippen molar-refractivity contribution < 1.29 is 17.5 Å². The summed E-state index contributed by atoms with van der Waals surface area (Å²) in [7, 11) is -4.16. The van der Waals surface area contributed by atoms with Gasteiger partial charge in [-0.25, -0.2) is 13.0 Å². The van der Waals surface area contributed by atoms with Crippen molar-refractivity contribution in [2.24, 2.45) is 0 Å². The number of aromatic nitrogens is 1. The average Bonchev–Trinajstić information content (AvgIpc) is 3.08. The molecule has 0 spiro atoms. The summed E-state index contributed by atoms with van der Waals surface area (Å²) in [4.78, 5) is 2.56. The predicted molar refractivity (Wildman–Crippen MR) is 198 cm³/mol. The Labute approximate surface area is 277 Å². The maximum absolute atomic E-state index is 10.9. The molecule has 0 atom stereocenters. The number of fused-ring (bicyclic) bond motifs is 11. The van der Waals surface area contributed by atoms with Crippen LogP contribution in [0.3, 0.4) is 0 Å². The fraction of sp³-hybridized carbons (Fsp3) is 0.293. The van der Waals surface area contributed by atoms with Crippen molar-refractivity contribution in [3.63, 3.8) is 0 Å². The number of benzene rings is 6. The monoisotopic (exact) mass is 642 g/mol. The lowest BCUT2D eigenvalue weighted by Gasteiger charge is -2.25. The molecule has 0 saturated carbocycles. The summed E-state index contributed by atoms with van der Waals surface area (Å²) in [6.07, 6.45) is 10.0. The zero-order valence-corrected chi connectivity index (χ0v) is 28.2. The Morgan fingerprint density at radius 1 is 0.574 bits per heavy atom. The minimum Gasteiger partial charge on any atom is -0.748 e. The van der Waals surface area contributed by atoms with E-state index in [1.54, 1.807) is 0 Å². The largest absolute Gasteiger partial charge is 0.748 e. The molecule has 1 aromatic heterocycles. The number of unbranched alkanes of at least 4 members (excludes halogenated alkanes) is 3. The van der Waals surface area contributed by atoms with E-state index in [0.717, 1.165) is 18.5 Å². The first-order chi connectivity index (χ1) is 22.8. The minimum absolute atomic E-state index is 0.308. The van der Waals surface area contributed by atoms with Crippen LogP contribution in [-0.2, 0) is 16.7 Å². The first-order valence-electron chi connectivity index (χ1n) is 17.1. The van der Waals surface area contributed by atoms with Crippen LogP contribution in [0.5, 0.6) is 0 Å². The van der Waals surface area contributed by atoms with Gasteiger partial charge in [-0.1, -0.05) is 87.4 Å². The number of pyridine rings is 1. The van der Waals surface area contributed by atoms with Gasteiger partial charge < -0.3 is 9.45 Å². The zero-order valence-electron chi connectivity index (χ0n) is 27.3. The Bertz CT molecular complexity index is 2380. The summed E-state index contributed by atoms with van der Waals surface area (Å²) in [5.41, 5.74) is 1.33. The highest BCUT2D eigenvalue weighted by molar-refractivity contribution is 7.85. The Balaban J connectivity index is 1.25. The van der Waals surface area contributed by atoms with Crippen LogP contribution in [0.2, 0.25) is 0 Å². The maximum atomic E-state index is 10.9. The lowest BCUT2D eigenvalue weighted by molar-refractivity contribution is -0.696. The van der Waals surface area contributed by atoms with Gasteiger partial charge in [0.1, 0.15) is 6.54 Å². The van der Waals surface area contributed by atoms with Crippen molar-refractivity contribution in [3.05, 3.63) is 97.3 Å². The molecule has 7 rings (SSSR count). The fourth-order valence-corrected chi connectivity index (χ4v) is 7.85. The van der Waals surface area contributed by atoms with Crippen LogP contribution in [0.4, 0.5) is 5.69 Å². The number of anilines is 1. The Morgan fingerprint density at radius 3 is 1.57 bits per heavy atom. The van der Waals surface area contributed by atoms with E-state index in [9.17, 15) is 13.0 Å². The molecule has 0 saturated heterocycles. The molecule has 0 aliphatic rings. The predicted octanol–water partition coefficient (Wildman–Crippen LogP) is 9.63. The Kier molecular flexibility index (Phi) is 8.73. The van der Waals surface area contributed by atoms with E-state index in [-0.39, 0.29) is 5.75 Å². The summed E-state index contributed by atoms with van der Waals surface area (Å²) < 4.78 is 34.9. The molecule has 0 N–H and O–H groups in total. The van der Waals surface area contributed by atoms with Gasteiger partial charge in [-0.3, -0.25) is 0 Å². The highest BCUT2D eigenvalue weighted by Crippen LogP contribution is 2.38. The van der Waals surface area contributed by atoms with E-state index < -0.39 is 10.1 Å². The molecule has 7 aromatic rings. The third-order valence-corrected chi connectivity index (χ3v) is 10.6. The zero-order chi connectivity index (χ0) is 32.5. The van der Waals surface area contributed by atoms with Gasteiger partial charge in [0.25, 0.3) is 0 Å². The number of aryl methyl sites for hydroxylation is 1. The Hall–Kier alpha value is -4.26. The standard InChI is InChI=1S/C41H42N2O3S/c1-3-5-23-43(24-6-4-2)31-11-14-32-29(27-31)9-12-36-34(32)15-17-40-38(36)19-20-39-37-13-10-30-28-42(22-7-8-26-47(44,45)46)25-21-33(30)35(37)16-18-41(39)40/h9-21,25,27-28H,3-8,22-24,26H2,1-2H3. The molecule has 0 aliphatic heterocycles. The van der Waals surface area contributed by atoms with E-state index in [0.29, 0.717) is 19.4 Å². The van der Waals surface area contributed by atoms with Gasteiger partial charge in [0, 0.05) is 47.8 Å². The second-order valence-electron chi connectivity index (χ2n) is 13.0. The molecule has 0 radical (unpaired) electrons. The van der Waals surface area contributed by atoms with Gasteiger partial charge in [0.2, 0.25) is 0 Å². The second kappa shape index (κ2) is 13.1. The lowest BCUT2D eigenvalue weighted by Crippen LogP contribution is -2.32. The fourth-order valence-electron chi connectivity index (χ4n) is 7.29. The van der Waals surface area contributed by atoms with Gasteiger partial charge in [0.05, 0.1) is 10.1 Å². The van der Waals surface area contributed by atoms with Crippen LogP contribution in [0.25, 0.3) is 64.6 Å². The molecule has 47 heavy (non-hydrogen) atoms. The van der Waals surface area contributed by atoms with Crippen LogP contribution in [0, 0.1) is 0 Å². The molecule has 6 aromatic carbocycles. The van der Waals surface area contributed by atoms with Crippen LogP contribution < -0.4 is 9.47 Å². The average molecular weight is 643 g/mol. The lowest BCUT2D eigenvalue weighted by atomic mass is 9.91. The SMILES string of the molecule is CCCCN(CCCC)c1ccc2c(ccc3c2ccc2c3ccc3c4ccc5c[n+](CCCCS(=O)(=O)[O-])ccc5c4ccc32)c1. The summed E-state index contributed by atoms with van der Waals surface area (Å²) in [6.45, 7) is 7.42. The van der Waals surface area contributed by atoms with Crippen molar-refractivity contribution in [2.45, 2.75) is 58.9 Å². The van der Waals surface area contributed by atoms with Gasteiger partial charge in [0.15, 0.2) is 12.4 Å². The van der Waals surface area contributed by atoms with Gasteiger partial charge in [-0.15, -0.1) is 0 Å². The molecule has 0 unspecified atom stereocenters. The third kappa shape index (κ3) is 6.24. The summed E-state index contributed by atoms with van der Waals surface area (Å²) in [5.74, 6) is -0.308. The van der Waals surface area contributed by atoms with Crippen LogP contribution >= 0.6 is 0 Å². The first kappa shape index (κ1) is 31.3. The quantitative estimate of drug-likeness (QED) is 0.0576. The van der Waals surface area contributed by atoms with Crippen molar-refractivity contribution in [3.8, 4) is 0 Å². The summed E-state index contributed by atoms with van der Waals surface area (Å²) in [5, 5.41) is 15.0. The van der Waals surface area contributed by atoms with E-state index in [2.05, 4.69) is 114 Å². The second-order valence-corrected chi connectivity index (χ2v) is 14.5. The van der Waals surface area contributed by atoms with Crippen LogP contribution in [0.1, 0.15) is 52.4 Å². The number of hydrogen-bond donors (Lipinski definition) is 0. The van der Waals surface area contributed by atoms with Crippen molar-refractivity contribution in [1.82, 2.24) is 0 Å². The van der Waals surface area contributed by atoms with E-state index in [1.165, 1.54) is 90.6 Å². The van der Waals surface area contributed by atoms with Crippen molar-refractivity contribution >= 4 is 80.4 Å². The summed E-state index contributed by atoms with van der Waals surface area (Å²) >= 11 is 0. The van der Waals surface area contributed by atoms with E-state index in [4.69, 9.17) is 0 Å². The molecule has 0 bridgehead atoms. The third-order valence-electron chi connectivity index (χ3n) is 9.79. The molecular weight excluding hydrogens is 601 g/mol. The normalized spacial score (nSPS) is 12.3. The van der Waals surface area contributed by atoms with Crippen molar-refractivity contribution in [1.29, 1.82) is 0 Å². The topological polar surface area (TPSA) is 64.3 Å². The van der Waals surface area contributed by atoms with E-state index >= 15 is 0 Å². The van der Waals surface area contributed by atoms with Gasteiger partial charge in [-0.2, -0.15) is 0 Å². The van der Waals surface area contributed by atoms with Crippen LogP contribution in [0.15, 0.2) is 97.3 Å². The minimum atomic E-state index is -4.16. The van der Waals surface area contributed by atoms with Gasteiger partial charge in [-0.05, 0) is 91.3 Å². The molecule has 0 aliphatic carbocycles. The molecule has 0 amide bonds. The number of hydrogen-bond acceptors (Lipinski definition) is 4. The Morgan fingerprint density at radius 2 is 1.04 bits per heavy atom. The molecular formula is C41H42N2O3S. The van der Waals surface area contributed by atoms with Crippen molar-refractivity contribution in [2.75, 3.05) is 23.7 Å². The highest BCUT2D eigenvalue weighted by Gasteiger charge is 2.13.